The van der Waals surface area contributed by atoms with E-state index in [0.717, 1.165) is 6.42 Å². The van der Waals surface area contributed by atoms with Gasteiger partial charge < -0.3 is 10.4 Å². The molecule has 6 heteroatoms. The maximum atomic E-state index is 12.5. The molecule has 21 heavy (non-hydrogen) atoms. The van der Waals surface area contributed by atoms with E-state index in [1.807, 2.05) is 12.2 Å². The summed E-state index contributed by atoms with van der Waals surface area (Å²) >= 11 is 11.8. The zero-order valence-electron chi connectivity index (χ0n) is 10.9. The molecule has 2 aliphatic carbocycles. The number of amides is 1. The number of carboxylic acid groups (broad SMARTS) is 1. The second-order valence-corrected chi connectivity index (χ2v) is 6.30. The minimum atomic E-state index is -0.922. The number of halogens is 2. The number of anilines is 1. The Hall–Kier alpha value is -1.52. The van der Waals surface area contributed by atoms with E-state index >= 15 is 0 Å². The Morgan fingerprint density at radius 3 is 2.43 bits per heavy atom. The number of carbonyl (C=O) groups is 2. The van der Waals surface area contributed by atoms with Crippen LogP contribution < -0.4 is 5.32 Å². The predicted molar refractivity (Wildman–Crippen MR) is 80.4 cm³/mol. The highest BCUT2D eigenvalue weighted by Crippen LogP contribution is 2.48. The normalized spacial score (nSPS) is 29.6. The molecule has 0 heterocycles. The van der Waals surface area contributed by atoms with Gasteiger partial charge in [-0.15, -0.1) is 0 Å². The molecular weight excluding hydrogens is 313 g/mol. The molecule has 0 radical (unpaired) electrons. The van der Waals surface area contributed by atoms with Gasteiger partial charge in [-0.05, 0) is 36.5 Å². The number of hydrogen-bond acceptors (Lipinski definition) is 2. The molecule has 4 nitrogen and oxygen atoms in total. The van der Waals surface area contributed by atoms with Crippen molar-refractivity contribution in [3.05, 3.63) is 40.4 Å². The van der Waals surface area contributed by atoms with Crippen molar-refractivity contribution in [1.82, 2.24) is 0 Å². The van der Waals surface area contributed by atoms with Gasteiger partial charge in [0.15, 0.2) is 0 Å². The predicted octanol–water partition coefficient (Wildman–Crippen LogP) is 3.45. The molecule has 1 saturated carbocycles. The molecule has 0 aromatic heterocycles. The van der Waals surface area contributed by atoms with Crippen molar-refractivity contribution in [2.45, 2.75) is 6.42 Å². The van der Waals surface area contributed by atoms with Crippen molar-refractivity contribution >= 4 is 40.8 Å². The fraction of sp³-hybridized carbons (Fsp3) is 0.333. The highest BCUT2D eigenvalue weighted by atomic mass is 35.5. The minimum absolute atomic E-state index is 0.0119. The van der Waals surface area contributed by atoms with Gasteiger partial charge >= 0.3 is 5.97 Å². The Morgan fingerprint density at radius 2 is 1.81 bits per heavy atom. The fourth-order valence-electron chi connectivity index (χ4n) is 3.32. The number of carbonyl (C=O) groups excluding carboxylic acids is 1. The summed E-state index contributed by atoms with van der Waals surface area (Å²) in [7, 11) is 0. The van der Waals surface area contributed by atoms with Crippen LogP contribution in [0.4, 0.5) is 5.69 Å². The van der Waals surface area contributed by atoms with Crippen molar-refractivity contribution in [1.29, 1.82) is 0 Å². The number of hydrogen-bond donors (Lipinski definition) is 2. The summed E-state index contributed by atoms with van der Waals surface area (Å²) in [6, 6.07) is 4.77. The average Bonchev–Trinajstić information content (AvgIpc) is 3.02. The maximum absolute atomic E-state index is 12.5. The number of nitrogens with one attached hydrogen (secondary N) is 1. The topological polar surface area (TPSA) is 66.4 Å². The summed E-state index contributed by atoms with van der Waals surface area (Å²) in [6.45, 7) is 0. The number of rotatable bonds is 3. The van der Waals surface area contributed by atoms with Gasteiger partial charge in [0.25, 0.3) is 0 Å². The highest BCUT2D eigenvalue weighted by Gasteiger charge is 2.51. The molecule has 1 aromatic carbocycles. The maximum Gasteiger partial charge on any atom is 0.307 e. The molecule has 110 valence electrons. The fourth-order valence-corrected chi connectivity index (χ4v) is 3.78. The third kappa shape index (κ3) is 2.54. The molecule has 0 spiro atoms. The van der Waals surface area contributed by atoms with Crippen LogP contribution in [0.1, 0.15) is 6.42 Å². The molecule has 3 rings (SSSR count). The zero-order chi connectivity index (χ0) is 15.1. The van der Waals surface area contributed by atoms with Gasteiger partial charge in [0, 0.05) is 5.02 Å². The van der Waals surface area contributed by atoms with Crippen LogP contribution in [0.5, 0.6) is 0 Å². The Balaban J connectivity index is 1.82. The monoisotopic (exact) mass is 325 g/mol. The van der Waals surface area contributed by atoms with E-state index in [1.165, 1.54) is 6.07 Å². The van der Waals surface area contributed by atoms with E-state index in [1.54, 1.807) is 12.1 Å². The number of fused-ring (bicyclic) bond motifs is 2. The molecule has 2 aliphatic rings. The molecule has 0 saturated heterocycles. The van der Waals surface area contributed by atoms with Crippen LogP contribution >= 0.6 is 23.2 Å². The first-order chi connectivity index (χ1) is 9.97. The second-order valence-electron chi connectivity index (χ2n) is 5.45. The Bertz CT molecular complexity index is 644. The minimum Gasteiger partial charge on any atom is -0.481 e. The first-order valence-corrected chi connectivity index (χ1v) is 7.40. The lowest BCUT2D eigenvalue weighted by Gasteiger charge is -2.24. The molecule has 0 unspecified atom stereocenters. The standard InChI is InChI=1S/C15H13Cl2NO3/c16-9-3-4-11(10(17)6-9)18-14(19)12-7-1-2-8(5-7)13(12)15(20)21/h1-4,6-8,12-13H,5H2,(H,18,19)(H,20,21)/t7-,8+,12-,13+/m0/s1. The summed E-state index contributed by atoms with van der Waals surface area (Å²) in [4.78, 5) is 23.9. The second kappa shape index (κ2) is 5.35. The third-order valence-corrected chi connectivity index (χ3v) is 4.78. The van der Waals surface area contributed by atoms with Crippen molar-refractivity contribution < 1.29 is 14.7 Å². The van der Waals surface area contributed by atoms with Crippen LogP contribution in [0.15, 0.2) is 30.4 Å². The van der Waals surface area contributed by atoms with Crippen LogP contribution in [0.25, 0.3) is 0 Å². The van der Waals surface area contributed by atoms with Crippen LogP contribution in [-0.4, -0.2) is 17.0 Å². The molecule has 2 N–H and O–H groups in total. The van der Waals surface area contributed by atoms with Crippen LogP contribution in [0.3, 0.4) is 0 Å². The molecule has 2 bridgehead atoms. The van der Waals surface area contributed by atoms with Gasteiger partial charge in [0.1, 0.15) is 0 Å². The van der Waals surface area contributed by atoms with Crippen LogP contribution in [0.2, 0.25) is 10.0 Å². The summed E-state index contributed by atoms with van der Waals surface area (Å²) in [5, 5.41) is 12.9. The Labute approximate surface area is 131 Å². The van der Waals surface area contributed by atoms with Gasteiger partial charge in [-0.1, -0.05) is 35.4 Å². The zero-order valence-corrected chi connectivity index (χ0v) is 12.4. The van der Waals surface area contributed by atoms with E-state index in [9.17, 15) is 14.7 Å². The van der Waals surface area contributed by atoms with Crippen molar-refractivity contribution in [2.75, 3.05) is 5.32 Å². The van der Waals surface area contributed by atoms with Crippen LogP contribution in [-0.2, 0) is 9.59 Å². The quantitative estimate of drug-likeness (QED) is 0.836. The lowest BCUT2D eigenvalue weighted by Crippen LogP contribution is -2.36. The van der Waals surface area contributed by atoms with Gasteiger partial charge in [0.05, 0.1) is 22.5 Å². The van der Waals surface area contributed by atoms with E-state index in [4.69, 9.17) is 23.2 Å². The lowest BCUT2D eigenvalue weighted by molar-refractivity contribution is -0.146. The number of carboxylic acids is 1. The highest BCUT2D eigenvalue weighted by molar-refractivity contribution is 6.36. The number of allylic oxidation sites excluding steroid dienone is 2. The van der Waals surface area contributed by atoms with E-state index < -0.39 is 17.8 Å². The molecule has 0 aliphatic heterocycles. The van der Waals surface area contributed by atoms with Crippen LogP contribution in [0, 0.1) is 23.7 Å². The molecule has 4 atom stereocenters. The molecular formula is C15H13Cl2NO3. The first kappa shape index (κ1) is 14.4. The number of aliphatic carboxylic acids is 1. The van der Waals surface area contributed by atoms with E-state index in [2.05, 4.69) is 5.32 Å². The van der Waals surface area contributed by atoms with Crippen molar-refractivity contribution in [3.8, 4) is 0 Å². The van der Waals surface area contributed by atoms with Gasteiger partial charge in [-0.3, -0.25) is 9.59 Å². The smallest absolute Gasteiger partial charge is 0.307 e. The first-order valence-electron chi connectivity index (χ1n) is 6.64. The summed E-state index contributed by atoms with van der Waals surface area (Å²) in [6.07, 6.45) is 4.57. The van der Waals surface area contributed by atoms with Gasteiger partial charge in [-0.2, -0.15) is 0 Å². The Morgan fingerprint density at radius 1 is 1.14 bits per heavy atom. The van der Waals surface area contributed by atoms with Gasteiger partial charge in [0.2, 0.25) is 5.91 Å². The summed E-state index contributed by atoms with van der Waals surface area (Å²) < 4.78 is 0. The van der Waals surface area contributed by atoms with Crippen molar-refractivity contribution in [3.63, 3.8) is 0 Å². The van der Waals surface area contributed by atoms with E-state index in [-0.39, 0.29) is 17.7 Å². The van der Waals surface area contributed by atoms with Gasteiger partial charge in [-0.25, -0.2) is 0 Å². The van der Waals surface area contributed by atoms with E-state index in [0.29, 0.717) is 15.7 Å². The summed E-state index contributed by atoms with van der Waals surface area (Å²) in [5.41, 5.74) is 0.446. The third-order valence-electron chi connectivity index (χ3n) is 4.24. The largest absolute Gasteiger partial charge is 0.481 e. The summed E-state index contributed by atoms with van der Waals surface area (Å²) in [5.74, 6) is -2.50. The Kier molecular flexibility index (Phi) is 3.68. The SMILES string of the molecule is O=C(Nc1ccc(Cl)cc1Cl)[C@@H]1[C@H](C(=O)O)[C@@H]2C=C[C@H]1C2. The lowest BCUT2D eigenvalue weighted by atomic mass is 9.82. The molecule has 1 aromatic rings. The molecule has 1 amide bonds. The van der Waals surface area contributed by atoms with Crippen molar-refractivity contribution in [2.24, 2.45) is 23.7 Å². The average molecular weight is 326 g/mol. The number of benzene rings is 1. The molecule has 1 fully saturated rings.